The first kappa shape index (κ1) is 19.8. The largest absolute Gasteiger partial charge is 0.456 e. The highest BCUT2D eigenvalue weighted by Gasteiger charge is 2.40. The molecule has 0 fully saturated rings. The molecule has 0 saturated heterocycles. The number of fused-ring (bicyclic) bond motifs is 3. The van der Waals surface area contributed by atoms with E-state index in [0.717, 1.165) is 30.6 Å². The second-order valence-corrected chi connectivity index (χ2v) is 10.2. The van der Waals surface area contributed by atoms with Crippen LogP contribution in [0.25, 0.3) is 43.1 Å². The van der Waals surface area contributed by atoms with Gasteiger partial charge in [-0.2, -0.15) is 21.0 Å². The van der Waals surface area contributed by atoms with E-state index in [4.69, 9.17) is 32.6 Å². The highest BCUT2D eigenvalue weighted by molar-refractivity contribution is 7.25. The van der Waals surface area contributed by atoms with Gasteiger partial charge in [0.05, 0.1) is 12.5 Å². The minimum atomic E-state index is -0.308. The second kappa shape index (κ2) is 8.32. The van der Waals surface area contributed by atoms with E-state index in [-0.39, 0.29) is 40.2 Å². The number of nitriles is 4. The maximum absolute atomic E-state index is 9.04. The molecule has 0 bridgehead atoms. The van der Waals surface area contributed by atoms with Crippen molar-refractivity contribution in [1.82, 2.24) is 0 Å². The first-order valence-electron chi connectivity index (χ1n) is 11.3. The van der Waals surface area contributed by atoms with Gasteiger partial charge in [-0.25, -0.2) is 0 Å². The van der Waals surface area contributed by atoms with E-state index >= 15 is 0 Å². The van der Waals surface area contributed by atoms with E-state index in [1.54, 1.807) is 71.2 Å². The van der Waals surface area contributed by atoms with Crippen molar-refractivity contribution in [2.24, 2.45) is 0 Å². The third kappa shape index (κ3) is 3.68. The molecule has 8 heteroatoms. The molecule has 0 aromatic carbocycles. The number of hydrogen-bond acceptors (Lipinski definition) is 8. The van der Waals surface area contributed by atoms with Crippen LogP contribution in [0.15, 0.2) is 56.4 Å². The van der Waals surface area contributed by atoms with Crippen molar-refractivity contribution in [3.8, 4) is 55.3 Å². The van der Waals surface area contributed by atoms with Crippen molar-refractivity contribution in [2.45, 2.75) is 19.3 Å². The predicted octanol–water partition coefficient (Wildman–Crippen LogP) is 7.50. The van der Waals surface area contributed by atoms with Gasteiger partial charge >= 0.3 is 0 Å². The molecule has 4 aromatic rings. The van der Waals surface area contributed by atoms with Crippen LogP contribution in [-0.4, -0.2) is 0 Å². The van der Waals surface area contributed by atoms with E-state index in [9.17, 15) is 0 Å². The number of nitrogens with zero attached hydrogens (tertiary/aromatic N) is 4. The Morgan fingerprint density at radius 3 is 1.54 bits per heavy atom. The summed E-state index contributed by atoms with van der Waals surface area (Å²) in [6.45, 7) is 4.28. The van der Waals surface area contributed by atoms with Crippen molar-refractivity contribution in [2.75, 3.05) is 0 Å². The van der Waals surface area contributed by atoms with Gasteiger partial charge < -0.3 is 8.83 Å². The Morgan fingerprint density at radius 1 is 0.771 bits per heavy atom. The molecule has 0 N–H and O–H groups in total. The minimum absolute atomic E-state index is 0.160. The molecule has 0 amide bonds. The molecule has 4 aromatic heterocycles. The molecule has 166 valence electrons. The summed E-state index contributed by atoms with van der Waals surface area (Å²) in [5, 5.41) is 36.2. The van der Waals surface area contributed by atoms with Crippen LogP contribution in [0.5, 0.6) is 0 Å². The van der Waals surface area contributed by atoms with Crippen LogP contribution in [0.2, 0.25) is 0 Å². The standard InChI is InChI=1S/C27H14N4O2S2/c1-27(2)19-9-23(21-5-3-17(32-21)7-15(11-28)12-29)34-25(19)26-20(27)10-24(35-26)22-6-4-18(33-22)8-16(13-30)14-31/h3-10H,1-2H3/i7D,8D. The van der Waals surface area contributed by atoms with Gasteiger partial charge in [-0.15, -0.1) is 22.7 Å². The summed E-state index contributed by atoms with van der Waals surface area (Å²) in [4.78, 5) is 3.95. The average Bonchev–Trinajstić information content (AvgIpc) is 3.69. The van der Waals surface area contributed by atoms with Gasteiger partial charge in [0.25, 0.3) is 0 Å². The number of thiophene rings is 2. The topological polar surface area (TPSA) is 121 Å². The van der Waals surface area contributed by atoms with Crippen LogP contribution in [0, 0.1) is 45.3 Å². The zero-order valence-electron chi connectivity index (χ0n) is 20.4. The highest BCUT2D eigenvalue weighted by atomic mass is 32.1. The van der Waals surface area contributed by atoms with Crippen molar-refractivity contribution < 1.29 is 11.6 Å². The van der Waals surface area contributed by atoms with Crippen LogP contribution >= 0.6 is 22.7 Å². The van der Waals surface area contributed by atoms with Gasteiger partial charge in [0.15, 0.2) is 0 Å². The molecule has 0 atom stereocenters. The maximum Gasteiger partial charge on any atom is 0.144 e. The second-order valence-electron chi connectivity index (χ2n) is 8.11. The van der Waals surface area contributed by atoms with Crippen LogP contribution in [0.3, 0.4) is 0 Å². The molecular weight excluding hydrogens is 476 g/mol. The smallest absolute Gasteiger partial charge is 0.144 e. The SMILES string of the molecule is [2H]C(=C(C#N)C#N)c1ccc(-c2cc3c(s2)-c2sc(-c4ccc(C([2H])=C(C#N)C#N)o4)cc2C3(C)C)o1. The first-order valence-corrected chi connectivity index (χ1v) is 11.9. The van der Waals surface area contributed by atoms with Gasteiger partial charge in [0.2, 0.25) is 0 Å². The van der Waals surface area contributed by atoms with Crippen LogP contribution < -0.4 is 0 Å². The lowest BCUT2D eigenvalue weighted by Gasteiger charge is -2.18. The van der Waals surface area contributed by atoms with Crippen LogP contribution in [-0.2, 0) is 5.41 Å². The molecule has 1 aliphatic carbocycles. The van der Waals surface area contributed by atoms with Gasteiger partial charge in [0.1, 0.15) is 58.5 Å². The third-order valence-electron chi connectivity index (χ3n) is 5.66. The fraction of sp³-hybridized carbons (Fsp3) is 0.111. The van der Waals surface area contributed by atoms with Crippen LogP contribution in [0.1, 0.15) is 39.2 Å². The Kier molecular flexibility index (Phi) is 4.71. The van der Waals surface area contributed by atoms with Gasteiger partial charge in [-0.05, 0) is 47.5 Å². The van der Waals surface area contributed by atoms with E-state index in [2.05, 4.69) is 26.0 Å². The molecule has 1 aliphatic rings. The summed E-state index contributed by atoms with van der Waals surface area (Å²) in [6, 6.07) is 17.2. The lowest BCUT2D eigenvalue weighted by Crippen LogP contribution is -2.13. The summed E-state index contributed by atoms with van der Waals surface area (Å²) in [5.74, 6) is 1.43. The summed E-state index contributed by atoms with van der Waals surface area (Å²) >= 11 is 3.13. The summed E-state index contributed by atoms with van der Waals surface area (Å²) in [6.07, 6.45) is 0. The van der Waals surface area contributed by atoms with E-state index < -0.39 is 0 Å². The molecule has 35 heavy (non-hydrogen) atoms. The Morgan fingerprint density at radius 2 is 1.17 bits per heavy atom. The fourth-order valence-corrected chi connectivity index (χ4v) is 6.64. The van der Waals surface area contributed by atoms with Gasteiger partial charge in [0, 0.05) is 27.3 Å². The maximum atomic E-state index is 9.04. The lowest BCUT2D eigenvalue weighted by atomic mass is 9.83. The molecule has 0 unspecified atom stereocenters. The quantitative estimate of drug-likeness (QED) is 0.272. The summed E-state index contributed by atoms with van der Waals surface area (Å²) in [7, 11) is 0. The van der Waals surface area contributed by atoms with E-state index in [1.807, 2.05) is 0 Å². The van der Waals surface area contributed by atoms with Crippen molar-refractivity contribution >= 4 is 34.8 Å². The molecular formula is C27H14N4O2S2. The molecule has 5 rings (SSSR count). The predicted molar refractivity (Wildman–Crippen MR) is 134 cm³/mol. The number of hydrogen-bond donors (Lipinski definition) is 0. The fourth-order valence-electron chi connectivity index (χ4n) is 3.92. The molecule has 6 nitrogen and oxygen atoms in total. The zero-order chi connectivity index (χ0) is 26.5. The van der Waals surface area contributed by atoms with Crippen LogP contribution in [0.4, 0.5) is 0 Å². The number of furan rings is 2. The normalized spacial score (nSPS) is 13.2. The Bertz CT molecular complexity index is 1670. The molecule has 0 radical (unpaired) electrons. The van der Waals surface area contributed by atoms with Crippen molar-refractivity contribution in [1.29, 1.82) is 21.0 Å². The van der Waals surface area contributed by atoms with Crippen molar-refractivity contribution in [3.05, 3.63) is 70.2 Å². The number of rotatable bonds is 4. The van der Waals surface area contributed by atoms with Gasteiger partial charge in [-0.3, -0.25) is 0 Å². The highest BCUT2D eigenvalue weighted by Crippen LogP contribution is 2.58. The summed E-state index contributed by atoms with van der Waals surface area (Å²) < 4.78 is 27.8. The lowest BCUT2D eigenvalue weighted by molar-refractivity contribution is 0.572. The summed E-state index contributed by atoms with van der Waals surface area (Å²) in [5.41, 5.74) is 1.40. The molecule has 0 aliphatic heterocycles. The van der Waals surface area contributed by atoms with E-state index in [0.29, 0.717) is 11.5 Å². The van der Waals surface area contributed by atoms with Gasteiger partial charge in [-0.1, -0.05) is 13.8 Å². The number of allylic oxidation sites excluding steroid dienone is 2. The molecule has 4 heterocycles. The zero-order valence-corrected chi connectivity index (χ0v) is 20.0. The third-order valence-corrected chi connectivity index (χ3v) is 8.12. The Labute approximate surface area is 211 Å². The van der Waals surface area contributed by atoms with Crippen molar-refractivity contribution in [3.63, 3.8) is 0 Å². The molecule has 0 spiro atoms. The monoisotopic (exact) mass is 492 g/mol. The Balaban J connectivity index is 1.53. The first-order chi connectivity index (χ1) is 17.7. The Hall–Kier alpha value is -4.60. The average molecular weight is 493 g/mol. The van der Waals surface area contributed by atoms with E-state index in [1.165, 1.54) is 0 Å². The minimum Gasteiger partial charge on any atom is -0.456 e. The molecule has 0 saturated carbocycles.